The number of thiazole rings is 1. The zero-order valence-electron chi connectivity index (χ0n) is 20.0. The summed E-state index contributed by atoms with van der Waals surface area (Å²) in [5.74, 6) is -2.93. The van der Waals surface area contributed by atoms with Crippen molar-refractivity contribution in [2.24, 2.45) is 5.92 Å². The summed E-state index contributed by atoms with van der Waals surface area (Å²) in [5.41, 5.74) is 1.62. The summed E-state index contributed by atoms with van der Waals surface area (Å²) in [6, 6.07) is 21.0. The van der Waals surface area contributed by atoms with Crippen LogP contribution in [0.25, 0.3) is 0 Å². The van der Waals surface area contributed by atoms with E-state index in [0.29, 0.717) is 26.3 Å². The van der Waals surface area contributed by atoms with E-state index in [0.717, 1.165) is 28.7 Å². The molecule has 0 radical (unpaired) electrons. The number of carbonyl (C=O) groups excluding carboxylic acids is 3. The van der Waals surface area contributed by atoms with E-state index in [2.05, 4.69) is 5.32 Å². The average Bonchev–Trinajstić information content (AvgIpc) is 3.37. The highest BCUT2D eigenvalue weighted by molar-refractivity contribution is 8.00. The summed E-state index contributed by atoms with van der Waals surface area (Å²) in [4.78, 5) is 55.0. The van der Waals surface area contributed by atoms with Crippen LogP contribution >= 0.6 is 34.7 Å². The molecular weight excluding hydrogens is 561 g/mol. The van der Waals surface area contributed by atoms with Crippen molar-refractivity contribution in [3.8, 4) is 0 Å². The maximum absolute atomic E-state index is 13.8. The standard InChI is InChI=1S/C28H19ClFN3O4S2/c29-16-8-6-15(7-9-16)21-22-23(26(36)33(25(22)35)19-4-2-1-3-5-19)38-27-24(21)39-28(37)32(27)14-20(34)31-18-12-10-17(30)11-13-18/h1-13,21-23H,14H2,(H,31,34)/t21-,22-,23+/m0/s1. The monoisotopic (exact) mass is 579 g/mol. The van der Waals surface area contributed by atoms with E-state index in [9.17, 15) is 23.6 Å². The number of halogens is 2. The molecule has 0 unspecified atom stereocenters. The maximum atomic E-state index is 13.8. The number of hydrogen-bond acceptors (Lipinski definition) is 6. The Labute approximate surface area is 235 Å². The quantitative estimate of drug-likeness (QED) is 0.331. The van der Waals surface area contributed by atoms with Gasteiger partial charge in [0.2, 0.25) is 17.7 Å². The molecule has 3 atom stereocenters. The summed E-state index contributed by atoms with van der Waals surface area (Å²) in [5, 5.41) is 2.88. The number of para-hydroxylation sites is 1. The summed E-state index contributed by atoms with van der Waals surface area (Å²) >= 11 is 8.24. The molecule has 2 aliphatic heterocycles. The molecule has 3 heterocycles. The first kappa shape index (κ1) is 25.5. The molecule has 0 aliphatic carbocycles. The van der Waals surface area contributed by atoms with Crippen molar-refractivity contribution in [2.75, 3.05) is 10.2 Å². The van der Waals surface area contributed by atoms with E-state index < -0.39 is 28.8 Å². The summed E-state index contributed by atoms with van der Waals surface area (Å²) in [7, 11) is 0. The highest BCUT2D eigenvalue weighted by atomic mass is 35.5. The lowest BCUT2D eigenvalue weighted by Gasteiger charge is -2.30. The van der Waals surface area contributed by atoms with Gasteiger partial charge < -0.3 is 5.32 Å². The molecule has 39 heavy (non-hydrogen) atoms. The van der Waals surface area contributed by atoms with Crippen molar-refractivity contribution < 1.29 is 18.8 Å². The third-order valence-electron chi connectivity index (χ3n) is 6.72. The molecule has 196 valence electrons. The van der Waals surface area contributed by atoms with Gasteiger partial charge in [0.05, 0.1) is 16.6 Å². The molecule has 7 nitrogen and oxygen atoms in total. The van der Waals surface area contributed by atoms with Crippen LogP contribution in [0.2, 0.25) is 5.02 Å². The number of anilines is 2. The van der Waals surface area contributed by atoms with Gasteiger partial charge in [0.15, 0.2) is 0 Å². The Morgan fingerprint density at radius 1 is 0.923 bits per heavy atom. The molecule has 1 fully saturated rings. The van der Waals surface area contributed by atoms with E-state index in [1.165, 1.54) is 33.7 Å². The highest BCUT2D eigenvalue weighted by Crippen LogP contribution is 2.53. The first-order valence-electron chi connectivity index (χ1n) is 12.0. The Morgan fingerprint density at radius 3 is 2.31 bits per heavy atom. The van der Waals surface area contributed by atoms with Crippen LogP contribution in [-0.2, 0) is 20.9 Å². The molecule has 11 heteroatoms. The van der Waals surface area contributed by atoms with Gasteiger partial charge in [-0.1, -0.05) is 65.0 Å². The van der Waals surface area contributed by atoms with Crippen LogP contribution in [0.5, 0.6) is 0 Å². The van der Waals surface area contributed by atoms with Crippen LogP contribution in [0.3, 0.4) is 0 Å². The maximum Gasteiger partial charge on any atom is 0.308 e. The first-order valence-corrected chi connectivity index (χ1v) is 14.0. The number of nitrogens with zero attached hydrogens (tertiary/aromatic N) is 2. The van der Waals surface area contributed by atoms with Crippen LogP contribution in [0.15, 0.2) is 88.7 Å². The fourth-order valence-electron chi connectivity index (χ4n) is 4.99. The van der Waals surface area contributed by atoms with Crippen molar-refractivity contribution in [1.29, 1.82) is 0 Å². The summed E-state index contributed by atoms with van der Waals surface area (Å²) in [6.07, 6.45) is 0. The average molecular weight is 580 g/mol. The predicted molar refractivity (Wildman–Crippen MR) is 149 cm³/mol. The number of imide groups is 1. The number of thioether (sulfide) groups is 1. The second-order valence-corrected chi connectivity index (χ2v) is 11.7. The van der Waals surface area contributed by atoms with Gasteiger partial charge in [0, 0.05) is 21.5 Å². The Bertz CT molecular complexity index is 1660. The van der Waals surface area contributed by atoms with E-state index in [4.69, 9.17) is 11.6 Å². The molecule has 0 saturated carbocycles. The van der Waals surface area contributed by atoms with Crippen molar-refractivity contribution in [3.05, 3.63) is 110 Å². The molecule has 4 aromatic rings. The second kappa shape index (κ2) is 10.1. The van der Waals surface area contributed by atoms with Crippen LogP contribution in [-0.4, -0.2) is 27.5 Å². The Balaban J connectivity index is 1.40. The number of carbonyl (C=O) groups is 3. The minimum Gasteiger partial charge on any atom is -0.325 e. The van der Waals surface area contributed by atoms with E-state index in [-0.39, 0.29) is 23.2 Å². The number of aromatic nitrogens is 1. The molecule has 0 bridgehead atoms. The highest BCUT2D eigenvalue weighted by Gasteiger charge is 2.56. The van der Waals surface area contributed by atoms with Crippen LogP contribution < -0.4 is 15.1 Å². The normalized spacial score (nSPS) is 20.1. The van der Waals surface area contributed by atoms with Gasteiger partial charge >= 0.3 is 4.87 Å². The Kier molecular flexibility index (Phi) is 6.62. The van der Waals surface area contributed by atoms with Gasteiger partial charge in [-0.05, 0) is 54.1 Å². The molecule has 6 rings (SSSR count). The van der Waals surface area contributed by atoms with E-state index in [1.807, 2.05) is 0 Å². The SMILES string of the molecule is O=C(Cn1c2c(sc1=O)[C@@H](c1ccc(Cl)cc1)[C@@H]1C(=O)N(c3ccccc3)C(=O)[C@@H]1S2)Nc1ccc(F)cc1. The number of hydrogen-bond donors (Lipinski definition) is 1. The van der Waals surface area contributed by atoms with Crippen LogP contribution in [0, 0.1) is 11.7 Å². The third-order valence-corrected chi connectivity index (χ3v) is 9.58. The summed E-state index contributed by atoms with van der Waals surface area (Å²) < 4.78 is 14.6. The van der Waals surface area contributed by atoms with Gasteiger partial charge in [0.25, 0.3) is 0 Å². The molecule has 1 aromatic heterocycles. The topological polar surface area (TPSA) is 88.5 Å². The van der Waals surface area contributed by atoms with Gasteiger partial charge in [-0.25, -0.2) is 9.29 Å². The molecule has 3 aromatic carbocycles. The number of benzene rings is 3. The van der Waals surface area contributed by atoms with Crippen molar-refractivity contribution in [2.45, 2.75) is 22.7 Å². The lowest BCUT2D eigenvalue weighted by atomic mass is 9.83. The lowest BCUT2D eigenvalue weighted by molar-refractivity contribution is -0.122. The van der Waals surface area contributed by atoms with E-state index in [1.54, 1.807) is 54.6 Å². The molecular formula is C28H19ClFN3O4S2. The van der Waals surface area contributed by atoms with Crippen molar-refractivity contribution in [1.82, 2.24) is 4.57 Å². The summed E-state index contributed by atoms with van der Waals surface area (Å²) in [6.45, 7) is -0.301. The minimum atomic E-state index is -0.786. The fourth-order valence-corrected chi connectivity index (χ4v) is 7.89. The number of rotatable bonds is 5. The Hall–Kier alpha value is -3.73. The molecule has 1 N–H and O–H groups in total. The predicted octanol–water partition coefficient (Wildman–Crippen LogP) is 5.14. The lowest BCUT2D eigenvalue weighted by Crippen LogP contribution is -2.33. The molecule has 0 spiro atoms. The molecule has 3 amide bonds. The largest absolute Gasteiger partial charge is 0.325 e. The Morgan fingerprint density at radius 2 is 1.62 bits per heavy atom. The van der Waals surface area contributed by atoms with Crippen molar-refractivity contribution in [3.63, 3.8) is 0 Å². The molecule has 1 saturated heterocycles. The van der Waals surface area contributed by atoms with E-state index >= 15 is 0 Å². The first-order chi connectivity index (χ1) is 18.8. The van der Waals surface area contributed by atoms with Gasteiger partial charge in [-0.2, -0.15) is 0 Å². The zero-order valence-corrected chi connectivity index (χ0v) is 22.4. The van der Waals surface area contributed by atoms with Gasteiger partial charge in [-0.3, -0.25) is 23.7 Å². The number of amides is 3. The van der Waals surface area contributed by atoms with Crippen LogP contribution in [0.1, 0.15) is 16.4 Å². The minimum absolute atomic E-state index is 0.301. The second-order valence-electron chi connectivity index (χ2n) is 9.12. The smallest absolute Gasteiger partial charge is 0.308 e. The van der Waals surface area contributed by atoms with Crippen molar-refractivity contribution >= 4 is 63.8 Å². The number of nitrogens with one attached hydrogen (secondary N) is 1. The third kappa shape index (κ3) is 4.58. The fraction of sp³-hybridized carbons (Fsp3) is 0.143. The number of fused-ring (bicyclic) bond motifs is 2. The van der Waals surface area contributed by atoms with Crippen LogP contribution in [0.4, 0.5) is 15.8 Å². The zero-order chi connectivity index (χ0) is 27.3. The van der Waals surface area contributed by atoms with Gasteiger partial charge in [0.1, 0.15) is 17.6 Å². The molecule has 2 aliphatic rings. The van der Waals surface area contributed by atoms with Gasteiger partial charge in [-0.15, -0.1) is 0 Å².